The van der Waals surface area contributed by atoms with E-state index in [1.165, 1.54) is 23.6 Å². The van der Waals surface area contributed by atoms with Crippen LogP contribution in [-0.2, 0) is 20.8 Å². The van der Waals surface area contributed by atoms with Gasteiger partial charge in [0, 0.05) is 19.2 Å². The molecule has 1 N–H and O–H groups in total. The smallest absolute Gasteiger partial charge is 0.267 e. The van der Waals surface area contributed by atoms with Gasteiger partial charge in [-0.25, -0.2) is 0 Å². The summed E-state index contributed by atoms with van der Waals surface area (Å²) in [6.07, 6.45) is 0.622. The lowest BCUT2D eigenvalue weighted by atomic mass is 10.1. The number of hydrogen-bond acceptors (Lipinski definition) is 4. The van der Waals surface area contributed by atoms with Crippen molar-refractivity contribution in [2.24, 2.45) is 0 Å². The van der Waals surface area contributed by atoms with Crippen LogP contribution < -0.4 is 5.32 Å². The van der Waals surface area contributed by atoms with Gasteiger partial charge in [-0.1, -0.05) is 49.4 Å². The van der Waals surface area contributed by atoms with E-state index >= 15 is 0 Å². The topological polar surface area (TPSA) is 66.5 Å². The molecule has 3 amide bonds. The summed E-state index contributed by atoms with van der Waals surface area (Å²) in [6.45, 7) is 3.75. The molecule has 2 aromatic carbocycles. The molecular weight excluding hydrogens is 372 g/mol. The van der Waals surface area contributed by atoms with E-state index in [0.29, 0.717) is 40.4 Å². The Bertz CT molecular complexity index is 921. The molecule has 0 atom stereocenters. The van der Waals surface area contributed by atoms with Crippen LogP contribution in [0.1, 0.15) is 25.0 Å². The minimum Gasteiger partial charge on any atom is -0.326 e. The first kappa shape index (κ1) is 19.9. The molecule has 0 bridgehead atoms. The number of nitrogens with one attached hydrogen (secondary N) is 1. The highest BCUT2D eigenvalue weighted by Crippen LogP contribution is 2.36. The van der Waals surface area contributed by atoms with Gasteiger partial charge in [0.15, 0.2) is 0 Å². The fourth-order valence-electron chi connectivity index (χ4n) is 3.10. The number of imide groups is 1. The lowest BCUT2D eigenvalue weighted by molar-refractivity contribution is -0.136. The van der Waals surface area contributed by atoms with Crippen LogP contribution >= 0.6 is 11.8 Å². The summed E-state index contributed by atoms with van der Waals surface area (Å²) >= 11 is 1.39. The summed E-state index contributed by atoms with van der Waals surface area (Å²) in [5, 5.41) is 2.70. The average Bonchev–Trinajstić information content (AvgIpc) is 2.91. The summed E-state index contributed by atoms with van der Waals surface area (Å²) in [6, 6.07) is 16.8. The number of amides is 3. The minimum atomic E-state index is -0.260. The summed E-state index contributed by atoms with van der Waals surface area (Å²) in [5.41, 5.74) is 2.87. The number of carbonyl (C=O) groups is 3. The Balaban J connectivity index is 1.84. The molecule has 0 saturated carbocycles. The van der Waals surface area contributed by atoms with Crippen molar-refractivity contribution in [3.05, 3.63) is 70.6 Å². The number of nitrogens with zero attached hydrogens (tertiary/aromatic N) is 1. The zero-order valence-corrected chi connectivity index (χ0v) is 16.7. The normalized spacial score (nSPS) is 14.0. The molecule has 28 heavy (non-hydrogen) atoms. The molecule has 5 nitrogen and oxygen atoms in total. The van der Waals surface area contributed by atoms with E-state index < -0.39 is 0 Å². The first-order valence-electron chi connectivity index (χ1n) is 9.16. The molecule has 0 aliphatic carbocycles. The zero-order chi connectivity index (χ0) is 20.1. The molecule has 0 saturated heterocycles. The molecule has 1 aliphatic rings. The third kappa shape index (κ3) is 4.34. The van der Waals surface area contributed by atoms with Gasteiger partial charge in [0.25, 0.3) is 11.8 Å². The third-order valence-electron chi connectivity index (χ3n) is 4.38. The second-order valence-corrected chi connectivity index (χ2v) is 7.67. The van der Waals surface area contributed by atoms with Crippen LogP contribution in [0.2, 0.25) is 0 Å². The van der Waals surface area contributed by atoms with Gasteiger partial charge in [0.2, 0.25) is 5.91 Å². The molecular formula is C22H22N2O3S. The van der Waals surface area contributed by atoms with Crippen LogP contribution in [0.25, 0.3) is 5.57 Å². The van der Waals surface area contributed by atoms with E-state index in [0.717, 1.165) is 5.56 Å². The van der Waals surface area contributed by atoms with Crippen molar-refractivity contribution in [3.63, 3.8) is 0 Å². The second-order valence-electron chi connectivity index (χ2n) is 6.39. The van der Waals surface area contributed by atoms with Gasteiger partial charge in [0.1, 0.15) is 0 Å². The predicted octanol–water partition coefficient (Wildman–Crippen LogP) is 3.72. The highest BCUT2D eigenvalue weighted by atomic mass is 32.2. The van der Waals surface area contributed by atoms with Crippen molar-refractivity contribution >= 4 is 40.7 Å². The Labute approximate surface area is 168 Å². The quantitative estimate of drug-likeness (QED) is 0.727. The fourth-order valence-corrected chi connectivity index (χ4v) is 3.97. The Morgan fingerprint density at radius 1 is 1.00 bits per heavy atom. The Kier molecular flexibility index (Phi) is 6.31. The van der Waals surface area contributed by atoms with E-state index in [-0.39, 0.29) is 17.7 Å². The van der Waals surface area contributed by atoms with Gasteiger partial charge >= 0.3 is 0 Å². The molecule has 0 radical (unpaired) electrons. The highest BCUT2D eigenvalue weighted by Gasteiger charge is 2.38. The Hall–Kier alpha value is -2.86. The van der Waals surface area contributed by atoms with E-state index in [4.69, 9.17) is 0 Å². The van der Waals surface area contributed by atoms with E-state index in [2.05, 4.69) is 5.32 Å². The standard InChI is InChI=1S/C22H22N2O3S/c1-3-28-20-19(17-9-11-18(12-10-17)23-15(2)25)21(26)24(22(20)27)14-13-16-7-5-4-6-8-16/h4-12H,3,13-14H2,1-2H3,(H,23,25). The number of carbonyl (C=O) groups excluding carboxylic acids is 3. The van der Waals surface area contributed by atoms with E-state index in [1.54, 1.807) is 24.3 Å². The maximum atomic E-state index is 13.0. The first-order valence-corrected chi connectivity index (χ1v) is 10.1. The van der Waals surface area contributed by atoms with Crippen LogP contribution in [0.5, 0.6) is 0 Å². The van der Waals surface area contributed by atoms with Crippen molar-refractivity contribution in [2.45, 2.75) is 20.3 Å². The minimum absolute atomic E-state index is 0.159. The van der Waals surface area contributed by atoms with Crippen LogP contribution in [0.4, 0.5) is 5.69 Å². The maximum absolute atomic E-state index is 13.0. The molecule has 3 rings (SSSR count). The van der Waals surface area contributed by atoms with Crippen LogP contribution in [0.15, 0.2) is 59.5 Å². The molecule has 0 unspecified atom stereocenters. The Morgan fingerprint density at radius 3 is 2.29 bits per heavy atom. The molecule has 2 aromatic rings. The fraction of sp³-hybridized carbons (Fsp3) is 0.227. The molecule has 1 heterocycles. The van der Waals surface area contributed by atoms with Gasteiger partial charge in [0.05, 0.1) is 10.5 Å². The lowest BCUT2D eigenvalue weighted by Gasteiger charge is -2.15. The van der Waals surface area contributed by atoms with E-state index in [1.807, 2.05) is 37.3 Å². The first-order chi connectivity index (χ1) is 13.5. The van der Waals surface area contributed by atoms with Crippen molar-refractivity contribution < 1.29 is 14.4 Å². The monoisotopic (exact) mass is 394 g/mol. The number of benzene rings is 2. The van der Waals surface area contributed by atoms with Crippen molar-refractivity contribution in [2.75, 3.05) is 17.6 Å². The summed E-state index contributed by atoms with van der Waals surface area (Å²) in [7, 11) is 0. The lowest BCUT2D eigenvalue weighted by Crippen LogP contribution is -2.33. The SMILES string of the molecule is CCSC1=C(c2ccc(NC(C)=O)cc2)C(=O)N(CCc2ccccc2)C1=O. The predicted molar refractivity (Wildman–Crippen MR) is 113 cm³/mol. The molecule has 0 fully saturated rings. The van der Waals surface area contributed by atoms with Crippen LogP contribution in [0, 0.1) is 0 Å². The average molecular weight is 394 g/mol. The number of rotatable bonds is 7. The number of anilines is 1. The molecule has 6 heteroatoms. The van der Waals surface area contributed by atoms with E-state index in [9.17, 15) is 14.4 Å². The molecule has 0 spiro atoms. The van der Waals surface area contributed by atoms with Gasteiger partial charge in [-0.2, -0.15) is 0 Å². The van der Waals surface area contributed by atoms with Crippen LogP contribution in [-0.4, -0.2) is 34.9 Å². The summed E-state index contributed by atoms with van der Waals surface area (Å²) in [4.78, 5) is 39.0. The van der Waals surface area contributed by atoms with Gasteiger partial charge in [-0.05, 0) is 35.4 Å². The van der Waals surface area contributed by atoms with Crippen molar-refractivity contribution in [1.82, 2.24) is 4.90 Å². The second kappa shape index (κ2) is 8.89. The zero-order valence-electron chi connectivity index (χ0n) is 15.9. The molecule has 0 aromatic heterocycles. The summed E-state index contributed by atoms with van der Waals surface area (Å²) in [5.74, 6) is 0.0558. The van der Waals surface area contributed by atoms with Gasteiger partial charge in [-0.3, -0.25) is 19.3 Å². The number of hydrogen-bond donors (Lipinski definition) is 1. The molecule has 144 valence electrons. The van der Waals surface area contributed by atoms with Crippen molar-refractivity contribution in [3.8, 4) is 0 Å². The third-order valence-corrected chi connectivity index (χ3v) is 5.33. The largest absolute Gasteiger partial charge is 0.326 e. The summed E-state index contributed by atoms with van der Waals surface area (Å²) < 4.78 is 0. The van der Waals surface area contributed by atoms with Gasteiger partial charge in [-0.15, -0.1) is 11.8 Å². The Morgan fingerprint density at radius 2 is 1.68 bits per heavy atom. The maximum Gasteiger partial charge on any atom is 0.267 e. The van der Waals surface area contributed by atoms with Crippen molar-refractivity contribution in [1.29, 1.82) is 0 Å². The number of thioether (sulfide) groups is 1. The highest BCUT2D eigenvalue weighted by molar-refractivity contribution is 8.04. The van der Waals surface area contributed by atoms with Gasteiger partial charge < -0.3 is 5.32 Å². The molecule has 1 aliphatic heterocycles. The van der Waals surface area contributed by atoms with Crippen LogP contribution in [0.3, 0.4) is 0 Å².